The number of nitrogens with zero attached hydrogens (tertiary/aromatic N) is 1. The number of aliphatic hydroxyl groups is 1. The minimum absolute atomic E-state index is 0.125. The van der Waals surface area contributed by atoms with Crippen LogP contribution in [0.5, 0.6) is 0 Å². The molecule has 0 saturated carbocycles. The minimum atomic E-state index is -0.713. The first-order valence-electron chi connectivity index (χ1n) is 1.65. The van der Waals surface area contributed by atoms with Gasteiger partial charge in [0.25, 0.3) is 0 Å². The molecule has 0 saturated heterocycles. The Morgan fingerprint density at radius 2 is 2.50 bits per heavy atom. The van der Waals surface area contributed by atoms with Gasteiger partial charge in [-0.1, -0.05) is 0 Å². The zero-order valence-corrected chi connectivity index (χ0v) is 3.39. The highest BCUT2D eigenvalue weighted by Gasteiger charge is 1.87. The van der Waals surface area contributed by atoms with Gasteiger partial charge in [0.1, 0.15) is 0 Å². The standard InChI is InChI=1S/C4H6NO/c1-4(6)2-3-5/h4,6H,1-2H2/t4-/m0/s1. The molecule has 1 radical (unpaired) electrons. The number of rotatable bonds is 1. The molecule has 0 aliphatic carbocycles. The van der Waals surface area contributed by atoms with Gasteiger partial charge in [-0.2, -0.15) is 5.26 Å². The maximum absolute atomic E-state index is 8.22. The zero-order chi connectivity index (χ0) is 4.99. The van der Waals surface area contributed by atoms with Gasteiger partial charge in [-0.05, 0) is 6.92 Å². The lowest BCUT2D eigenvalue weighted by atomic mass is 10.3. The molecule has 33 valence electrons. The van der Waals surface area contributed by atoms with Crippen molar-refractivity contribution in [1.29, 1.82) is 5.26 Å². The number of hydrogen-bond donors (Lipinski definition) is 1. The van der Waals surface area contributed by atoms with Gasteiger partial charge in [-0.3, -0.25) is 0 Å². The van der Waals surface area contributed by atoms with E-state index < -0.39 is 6.10 Å². The Bertz CT molecular complexity index is 62.4. The summed E-state index contributed by atoms with van der Waals surface area (Å²) in [5, 5.41) is 16.0. The van der Waals surface area contributed by atoms with Crippen LogP contribution in [0.3, 0.4) is 0 Å². The summed E-state index contributed by atoms with van der Waals surface area (Å²) in [5.41, 5.74) is 0. The number of nitriles is 1. The Morgan fingerprint density at radius 3 is 2.50 bits per heavy atom. The molecule has 0 fully saturated rings. The van der Waals surface area contributed by atoms with Crippen molar-refractivity contribution in [2.24, 2.45) is 0 Å². The first-order valence-corrected chi connectivity index (χ1v) is 1.65. The number of hydrogen-bond acceptors (Lipinski definition) is 2. The van der Waals surface area contributed by atoms with Crippen LogP contribution in [0.15, 0.2) is 0 Å². The van der Waals surface area contributed by atoms with E-state index >= 15 is 0 Å². The highest BCUT2D eigenvalue weighted by Crippen LogP contribution is 1.81. The lowest BCUT2D eigenvalue weighted by Gasteiger charge is -1.88. The zero-order valence-electron chi connectivity index (χ0n) is 3.39. The molecule has 0 rings (SSSR count). The molecule has 0 aliphatic heterocycles. The first kappa shape index (κ1) is 5.45. The molecule has 0 aromatic rings. The van der Waals surface area contributed by atoms with Crippen LogP contribution in [0.1, 0.15) is 6.42 Å². The van der Waals surface area contributed by atoms with Crippen molar-refractivity contribution in [2.45, 2.75) is 12.5 Å². The van der Waals surface area contributed by atoms with Crippen LogP contribution in [0.4, 0.5) is 0 Å². The van der Waals surface area contributed by atoms with Crippen molar-refractivity contribution in [2.75, 3.05) is 0 Å². The molecule has 6 heavy (non-hydrogen) atoms. The molecule has 0 bridgehead atoms. The second kappa shape index (κ2) is 2.67. The summed E-state index contributed by atoms with van der Waals surface area (Å²) in [6, 6.07) is 1.75. The summed E-state index contributed by atoms with van der Waals surface area (Å²) >= 11 is 0. The quantitative estimate of drug-likeness (QED) is 0.489. The Balaban J connectivity index is 2.88. The van der Waals surface area contributed by atoms with Gasteiger partial charge in [0.2, 0.25) is 0 Å². The summed E-state index contributed by atoms with van der Waals surface area (Å²) in [7, 11) is 0. The van der Waals surface area contributed by atoms with Crippen molar-refractivity contribution in [3.05, 3.63) is 6.92 Å². The van der Waals surface area contributed by atoms with Crippen molar-refractivity contribution in [3.63, 3.8) is 0 Å². The van der Waals surface area contributed by atoms with Crippen LogP contribution >= 0.6 is 0 Å². The molecule has 0 aromatic heterocycles. The molecule has 2 heteroatoms. The molecule has 0 unspecified atom stereocenters. The minimum Gasteiger partial charge on any atom is -0.392 e. The lowest BCUT2D eigenvalue weighted by molar-refractivity contribution is 0.226. The topological polar surface area (TPSA) is 44.0 Å². The van der Waals surface area contributed by atoms with Gasteiger partial charge >= 0.3 is 0 Å². The van der Waals surface area contributed by atoms with Crippen LogP contribution in [-0.2, 0) is 0 Å². The summed E-state index contributed by atoms with van der Waals surface area (Å²) in [6.07, 6.45) is -0.588. The molecular formula is C4H6NO. The summed E-state index contributed by atoms with van der Waals surface area (Å²) < 4.78 is 0. The van der Waals surface area contributed by atoms with E-state index in [0.29, 0.717) is 0 Å². The van der Waals surface area contributed by atoms with Gasteiger partial charge in [-0.25, -0.2) is 0 Å². The second-order valence-corrected chi connectivity index (χ2v) is 1.02. The van der Waals surface area contributed by atoms with Crippen molar-refractivity contribution in [3.8, 4) is 6.07 Å². The monoisotopic (exact) mass is 84.0 g/mol. The SMILES string of the molecule is [CH2][C@H](O)CC#N. The Labute approximate surface area is 37.0 Å². The highest BCUT2D eigenvalue weighted by molar-refractivity contribution is 4.75. The van der Waals surface area contributed by atoms with E-state index in [4.69, 9.17) is 10.4 Å². The number of aliphatic hydroxyl groups excluding tert-OH is 1. The summed E-state index contributed by atoms with van der Waals surface area (Å²) in [4.78, 5) is 0. The van der Waals surface area contributed by atoms with Crippen molar-refractivity contribution < 1.29 is 5.11 Å². The first-order chi connectivity index (χ1) is 2.77. The largest absolute Gasteiger partial charge is 0.392 e. The van der Waals surface area contributed by atoms with Crippen LogP contribution in [0, 0.1) is 18.3 Å². The Morgan fingerprint density at radius 1 is 2.00 bits per heavy atom. The van der Waals surface area contributed by atoms with E-state index in [9.17, 15) is 0 Å². The van der Waals surface area contributed by atoms with Crippen molar-refractivity contribution in [1.82, 2.24) is 0 Å². The fourth-order valence-corrected chi connectivity index (χ4v) is 0.105. The van der Waals surface area contributed by atoms with E-state index in [1.54, 1.807) is 6.07 Å². The molecule has 0 heterocycles. The average molecular weight is 84.1 g/mol. The smallest absolute Gasteiger partial charge is 0.0671 e. The molecule has 1 atom stereocenters. The molecule has 0 amide bonds. The predicted molar refractivity (Wildman–Crippen MR) is 21.6 cm³/mol. The fraction of sp³-hybridized carbons (Fsp3) is 0.500. The van der Waals surface area contributed by atoms with E-state index in [-0.39, 0.29) is 6.42 Å². The third-order valence-corrected chi connectivity index (χ3v) is 0.327. The maximum Gasteiger partial charge on any atom is 0.0671 e. The Hall–Kier alpha value is -0.550. The normalized spacial score (nSPS) is 12.8. The summed E-state index contributed by atoms with van der Waals surface area (Å²) in [5.74, 6) is 0. The van der Waals surface area contributed by atoms with Crippen LogP contribution in [0.25, 0.3) is 0 Å². The molecular weight excluding hydrogens is 78.0 g/mol. The maximum atomic E-state index is 8.22. The van der Waals surface area contributed by atoms with Gasteiger partial charge < -0.3 is 5.11 Å². The van der Waals surface area contributed by atoms with Gasteiger partial charge in [-0.15, -0.1) is 0 Å². The third-order valence-electron chi connectivity index (χ3n) is 0.327. The Kier molecular flexibility index (Phi) is 2.43. The van der Waals surface area contributed by atoms with Crippen molar-refractivity contribution >= 4 is 0 Å². The van der Waals surface area contributed by atoms with E-state index in [1.165, 1.54) is 0 Å². The lowest BCUT2D eigenvalue weighted by Crippen LogP contribution is -1.95. The van der Waals surface area contributed by atoms with E-state index in [1.807, 2.05) is 0 Å². The molecule has 2 nitrogen and oxygen atoms in total. The molecule has 0 aromatic carbocycles. The predicted octanol–water partition coefficient (Wildman–Crippen LogP) is 0.0951. The average Bonchev–Trinajstić information content (AvgIpc) is 1.35. The van der Waals surface area contributed by atoms with E-state index in [2.05, 4.69) is 6.92 Å². The van der Waals surface area contributed by atoms with Gasteiger partial charge in [0.05, 0.1) is 18.6 Å². The molecule has 1 N–H and O–H groups in total. The van der Waals surface area contributed by atoms with Gasteiger partial charge in [0, 0.05) is 0 Å². The molecule has 0 spiro atoms. The highest BCUT2D eigenvalue weighted by atomic mass is 16.3. The molecule has 0 aliphatic rings. The van der Waals surface area contributed by atoms with E-state index in [0.717, 1.165) is 0 Å². The third kappa shape index (κ3) is 3.45. The van der Waals surface area contributed by atoms with Crippen LogP contribution < -0.4 is 0 Å². The fourth-order valence-electron chi connectivity index (χ4n) is 0.105. The second-order valence-electron chi connectivity index (χ2n) is 1.02. The van der Waals surface area contributed by atoms with Crippen LogP contribution in [0.2, 0.25) is 0 Å². The summed E-state index contributed by atoms with van der Waals surface area (Å²) in [6.45, 7) is 3.16. The van der Waals surface area contributed by atoms with Crippen LogP contribution in [-0.4, -0.2) is 11.2 Å². The van der Waals surface area contributed by atoms with Gasteiger partial charge in [0.15, 0.2) is 0 Å².